The maximum absolute atomic E-state index is 12.1. The summed E-state index contributed by atoms with van der Waals surface area (Å²) in [5.41, 5.74) is 4.06. The summed E-state index contributed by atoms with van der Waals surface area (Å²) >= 11 is 1.33. The number of esters is 1. The normalized spacial score (nSPS) is 14.0. The molecule has 27 heavy (non-hydrogen) atoms. The number of aryl methyl sites for hydroxylation is 2. The SMILES string of the molecule is CCOC(=O)C1=C(CSc2nnnn2-c2ccc(C)c(C)c2)NC(=O)NC1. The van der Waals surface area contributed by atoms with Crippen molar-refractivity contribution in [2.45, 2.75) is 25.9 Å². The summed E-state index contributed by atoms with van der Waals surface area (Å²) in [6.07, 6.45) is 0. The van der Waals surface area contributed by atoms with Crippen molar-refractivity contribution in [3.8, 4) is 5.69 Å². The molecule has 1 aromatic heterocycles. The summed E-state index contributed by atoms with van der Waals surface area (Å²) in [5.74, 6) is -0.123. The van der Waals surface area contributed by atoms with Gasteiger partial charge in [-0.2, -0.15) is 4.68 Å². The lowest BCUT2D eigenvalue weighted by atomic mass is 10.1. The molecule has 2 N–H and O–H groups in total. The molecule has 2 heterocycles. The lowest BCUT2D eigenvalue weighted by Gasteiger charge is -2.20. The molecule has 2 amide bonds. The van der Waals surface area contributed by atoms with Gasteiger partial charge in [0.25, 0.3) is 0 Å². The number of benzene rings is 1. The fourth-order valence-electron chi connectivity index (χ4n) is 2.49. The fraction of sp³-hybridized carbons (Fsp3) is 0.353. The van der Waals surface area contributed by atoms with E-state index in [2.05, 4.69) is 26.2 Å². The van der Waals surface area contributed by atoms with Gasteiger partial charge in [0, 0.05) is 11.4 Å². The van der Waals surface area contributed by atoms with E-state index in [-0.39, 0.29) is 19.2 Å². The van der Waals surface area contributed by atoms with Gasteiger partial charge < -0.3 is 15.4 Å². The summed E-state index contributed by atoms with van der Waals surface area (Å²) in [5, 5.41) is 17.7. The van der Waals surface area contributed by atoms with Crippen LogP contribution in [0.25, 0.3) is 5.69 Å². The van der Waals surface area contributed by atoms with Crippen LogP contribution in [0.2, 0.25) is 0 Å². The maximum Gasteiger partial charge on any atom is 0.337 e. The molecule has 0 spiro atoms. The number of tetrazole rings is 1. The van der Waals surface area contributed by atoms with Gasteiger partial charge in [-0.1, -0.05) is 17.8 Å². The Morgan fingerprint density at radius 2 is 2.15 bits per heavy atom. The van der Waals surface area contributed by atoms with Gasteiger partial charge in [-0.25, -0.2) is 9.59 Å². The molecule has 3 rings (SSSR count). The number of hydrogen-bond acceptors (Lipinski definition) is 7. The average Bonchev–Trinajstić information content (AvgIpc) is 3.11. The van der Waals surface area contributed by atoms with E-state index in [4.69, 9.17) is 4.74 Å². The second-order valence-electron chi connectivity index (χ2n) is 5.92. The number of rotatable bonds is 6. The van der Waals surface area contributed by atoms with E-state index >= 15 is 0 Å². The zero-order chi connectivity index (χ0) is 19.4. The zero-order valence-electron chi connectivity index (χ0n) is 15.3. The Kier molecular flexibility index (Phi) is 5.75. The lowest BCUT2D eigenvalue weighted by molar-refractivity contribution is -0.138. The largest absolute Gasteiger partial charge is 0.463 e. The van der Waals surface area contributed by atoms with Gasteiger partial charge >= 0.3 is 12.0 Å². The molecule has 1 aliphatic rings. The molecule has 142 valence electrons. The Morgan fingerprint density at radius 3 is 2.89 bits per heavy atom. The van der Waals surface area contributed by atoms with E-state index < -0.39 is 5.97 Å². The lowest BCUT2D eigenvalue weighted by Crippen LogP contribution is -2.44. The van der Waals surface area contributed by atoms with Gasteiger partial charge in [0.2, 0.25) is 5.16 Å². The number of carbonyl (C=O) groups is 2. The monoisotopic (exact) mass is 388 g/mol. The van der Waals surface area contributed by atoms with Crippen LogP contribution in [0, 0.1) is 13.8 Å². The molecule has 2 aromatic rings. The minimum atomic E-state index is -0.450. The highest BCUT2D eigenvalue weighted by molar-refractivity contribution is 7.99. The zero-order valence-corrected chi connectivity index (χ0v) is 16.1. The molecule has 1 aliphatic heterocycles. The summed E-state index contributed by atoms with van der Waals surface area (Å²) < 4.78 is 6.69. The minimum Gasteiger partial charge on any atom is -0.463 e. The minimum absolute atomic E-state index is 0.128. The van der Waals surface area contributed by atoms with Crippen LogP contribution < -0.4 is 10.6 Å². The highest BCUT2D eigenvalue weighted by Crippen LogP contribution is 2.23. The molecule has 0 saturated carbocycles. The van der Waals surface area contributed by atoms with Crippen LogP contribution in [0.1, 0.15) is 18.1 Å². The standard InChI is InChI=1S/C17H20N6O3S/c1-4-26-15(24)13-8-18-16(25)19-14(13)9-27-17-20-21-22-23(17)12-6-5-10(2)11(3)7-12/h5-7H,4,8-9H2,1-3H3,(H2,18,19,25). The number of aromatic nitrogens is 4. The first-order chi connectivity index (χ1) is 13.0. The van der Waals surface area contributed by atoms with Crippen LogP contribution in [0.15, 0.2) is 34.6 Å². The van der Waals surface area contributed by atoms with Gasteiger partial charge in [0.15, 0.2) is 0 Å². The molecule has 0 fully saturated rings. The van der Waals surface area contributed by atoms with Crippen molar-refractivity contribution < 1.29 is 14.3 Å². The Bertz CT molecular complexity index is 908. The topological polar surface area (TPSA) is 111 Å². The molecule has 0 atom stereocenters. The predicted octanol–water partition coefficient (Wildman–Crippen LogP) is 1.50. The molecular weight excluding hydrogens is 368 g/mol. The number of carbonyl (C=O) groups excluding carboxylic acids is 2. The highest BCUT2D eigenvalue weighted by Gasteiger charge is 2.24. The second kappa shape index (κ2) is 8.21. The predicted molar refractivity (Wildman–Crippen MR) is 99.5 cm³/mol. The smallest absolute Gasteiger partial charge is 0.337 e. The number of nitrogens with one attached hydrogen (secondary N) is 2. The molecule has 0 radical (unpaired) electrons. The van der Waals surface area contributed by atoms with E-state index in [0.29, 0.717) is 22.2 Å². The van der Waals surface area contributed by atoms with Crippen molar-refractivity contribution in [2.75, 3.05) is 18.9 Å². The first-order valence-corrected chi connectivity index (χ1v) is 9.41. The third-order valence-corrected chi connectivity index (χ3v) is 5.04. The fourth-order valence-corrected chi connectivity index (χ4v) is 3.37. The van der Waals surface area contributed by atoms with Crippen LogP contribution in [0.5, 0.6) is 0 Å². The van der Waals surface area contributed by atoms with Crippen LogP contribution >= 0.6 is 11.8 Å². The summed E-state index contributed by atoms with van der Waals surface area (Å²) in [6.45, 7) is 6.19. The number of ether oxygens (including phenoxy) is 1. The highest BCUT2D eigenvalue weighted by atomic mass is 32.2. The summed E-state index contributed by atoms with van der Waals surface area (Å²) in [7, 11) is 0. The van der Waals surface area contributed by atoms with Crippen LogP contribution in [-0.2, 0) is 9.53 Å². The summed E-state index contributed by atoms with van der Waals surface area (Å²) in [6, 6.07) is 5.60. The first-order valence-electron chi connectivity index (χ1n) is 8.42. The first kappa shape index (κ1) is 18.9. The quantitative estimate of drug-likeness (QED) is 0.570. The summed E-state index contributed by atoms with van der Waals surface area (Å²) in [4.78, 5) is 23.8. The van der Waals surface area contributed by atoms with Crippen molar-refractivity contribution in [1.29, 1.82) is 0 Å². The molecular formula is C17H20N6O3S. The van der Waals surface area contributed by atoms with Gasteiger partial charge in [-0.3, -0.25) is 0 Å². The van der Waals surface area contributed by atoms with Crippen LogP contribution in [-0.4, -0.2) is 51.1 Å². The Labute approximate surface area is 160 Å². The number of thioether (sulfide) groups is 1. The molecule has 1 aromatic carbocycles. The van der Waals surface area contributed by atoms with Gasteiger partial charge in [-0.05, 0) is 54.5 Å². The molecule has 10 heteroatoms. The van der Waals surface area contributed by atoms with Crippen molar-refractivity contribution in [3.63, 3.8) is 0 Å². The van der Waals surface area contributed by atoms with E-state index in [1.807, 2.05) is 32.0 Å². The Morgan fingerprint density at radius 1 is 1.33 bits per heavy atom. The Balaban J connectivity index is 1.81. The number of nitrogens with zero attached hydrogens (tertiary/aromatic N) is 4. The van der Waals surface area contributed by atoms with Gasteiger partial charge in [0.1, 0.15) is 0 Å². The van der Waals surface area contributed by atoms with Crippen molar-refractivity contribution in [2.24, 2.45) is 0 Å². The number of urea groups is 1. The molecule has 0 bridgehead atoms. The average molecular weight is 388 g/mol. The molecule has 0 saturated heterocycles. The van der Waals surface area contributed by atoms with Crippen LogP contribution in [0.4, 0.5) is 4.79 Å². The molecule has 0 unspecified atom stereocenters. The van der Waals surface area contributed by atoms with Crippen LogP contribution in [0.3, 0.4) is 0 Å². The van der Waals surface area contributed by atoms with E-state index in [9.17, 15) is 9.59 Å². The van der Waals surface area contributed by atoms with Crippen molar-refractivity contribution in [1.82, 2.24) is 30.8 Å². The maximum atomic E-state index is 12.1. The second-order valence-corrected chi connectivity index (χ2v) is 6.86. The number of amides is 2. The van der Waals surface area contributed by atoms with Crippen molar-refractivity contribution >= 4 is 23.8 Å². The van der Waals surface area contributed by atoms with E-state index in [1.54, 1.807) is 11.6 Å². The van der Waals surface area contributed by atoms with E-state index in [1.165, 1.54) is 17.3 Å². The third-order valence-electron chi connectivity index (χ3n) is 4.10. The Hall–Kier alpha value is -2.88. The van der Waals surface area contributed by atoms with Crippen molar-refractivity contribution in [3.05, 3.63) is 40.6 Å². The van der Waals surface area contributed by atoms with Gasteiger partial charge in [-0.15, -0.1) is 5.10 Å². The number of hydrogen-bond donors (Lipinski definition) is 2. The van der Waals surface area contributed by atoms with E-state index in [0.717, 1.165) is 11.3 Å². The van der Waals surface area contributed by atoms with Gasteiger partial charge in [0.05, 0.1) is 24.4 Å². The molecule has 9 nitrogen and oxygen atoms in total. The third kappa shape index (κ3) is 4.27. The molecule has 0 aliphatic carbocycles.